The van der Waals surface area contributed by atoms with Gasteiger partial charge in [0.15, 0.2) is 0 Å². The second-order valence-corrected chi connectivity index (χ2v) is 5.42. The zero-order chi connectivity index (χ0) is 11.9. The molecule has 4 heteroatoms. The van der Waals surface area contributed by atoms with E-state index in [0.29, 0.717) is 12.6 Å². The lowest BCUT2D eigenvalue weighted by Crippen LogP contribution is -2.34. The van der Waals surface area contributed by atoms with Gasteiger partial charge in [-0.3, -0.25) is 4.79 Å². The molecular formula is C13H19N3O. The third-order valence-corrected chi connectivity index (χ3v) is 3.97. The van der Waals surface area contributed by atoms with Crippen molar-refractivity contribution in [2.75, 3.05) is 13.1 Å². The Hall–Kier alpha value is -1.29. The van der Waals surface area contributed by atoms with Crippen LogP contribution in [0, 0.1) is 5.41 Å². The van der Waals surface area contributed by atoms with Gasteiger partial charge in [-0.1, -0.05) is 0 Å². The zero-order valence-corrected chi connectivity index (χ0v) is 9.98. The fourth-order valence-electron chi connectivity index (χ4n) is 2.25. The normalized spacial score (nSPS) is 21.2. The van der Waals surface area contributed by atoms with Crippen LogP contribution in [-0.4, -0.2) is 23.6 Å². The molecular weight excluding hydrogens is 214 g/mol. The van der Waals surface area contributed by atoms with Crippen molar-refractivity contribution in [3.8, 4) is 0 Å². The molecule has 2 fully saturated rings. The van der Waals surface area contributed by atoms with Crippen molar-refractivity contribution >= 4 is 5.91 Å². The van der Waals surface area contributed by atoms with Gasteiger partial charge >= 0.3 is 0 Å². The molecule has 2 saturated carbocycles. The van der Waals surface area contributed by atoms with Crippen LogP contribution in [0.1, 0.15) is 42.2 Å². The van der Waals surface area contributed by atoms with Gasteiger partial charge in [-0.15, -0.1) is 0 Å². The number of aromatic nitrogens is 1. The second-order valence-electron chi connectivity index (χ2n) is 5.42. The summed E-state index contributed by atoms with van der Waals surface area (Å²) in [7, 11) is 0. The Balaban J connectivity index is 1.63. The van der Waals surface area contributed by atoms with Crippen molar-refractivity contribution in [1.29, 1.82) is 0 Å². The van der Waals surface area contributed by atoms with Gasteiger partial charge in [0.1, 0.15) is 5.69 Å². The molecule has 1 aromatic rings. The number of rotatable bonds is 5. The molecule has 2 aliphatic rings. The highest BCUT2D eigenvalue weighted by Crippen LogP contribution is 2.43. The van der Waals surface area contributed by atoms with Crippen LogP contribution < -0.4 is 11.1 Å². The largest absolute Gasteiger partial charge is 0.350 e. The molecule has 17 heavy (non-hydrogen) atoms. The van der Waals surface area contributed by atoms with Gasteiger partial charge in [0.05, 0.1) is 0 Å². The first-order chi connectivity index (χ1) is 8.24. The van der Waals surface area contributed by atoms with E-state index in [4.69, 9.17) is 5.73 Å². The highest BCUT2D eigenvalue weighted by atomic mass is 16.1. The molecule has 0 bridgehead atoms. The molecule has 3 N–H and O–H groups in total. The van der Waals surface area contributed by atoms with Crippen LogP contribution in [-0.2, 0) is 0 Å². The number of carbonyl (C=O) groups is 1. The van der Waals surface area contributed by atoms with E-state index >= 15 is 0 Å². The van der Waals surface area contributed by atoms with Crippen molar-refractivity contribution in [1.82, 2.24) is 9.88 Å². The monoisotopic (exact) mass is 233 g/mol. The average Bonchev–Trinajstić information content (AvgIpc) is 3.27. The maximum atomic E-state index is 12.1. The van der Waals surface area contributed by atoms with E-state index in [1.807, 2.05) is 18.3 Å². The van der Waals surface area contributed by atoms with Crippen molar-refractivity contribution in [2.45, 2.75) is 31.7 Å². The topological polar surface area (TPSA) is 60.0 Å². The number of nitrogens with two attached hydrogens (primary N) is 1. The van der Waals surface area contributed by atoms with E-state index in [2.05, 4.69) is 9.88 Å². The summed E-state index contributed by atoms with van der Waals surface area (Å²) in [5, 5.41) is 3.02. The fourth-order valence-corrected chi connectivity index (χ4v) is 2.25. The Morgan fingerprint density at radius 3 is 2.88 bits per heavy atom. The molecule has 0 atom stereocenters. The Bertz CT molecular complexity index is 430. The van der Waals surface area contributed by atoms with Gasteiger partial charge in [-0.25, -0.2) is 0 Å². The van der Waals surface area contributed by atoms with Gasteiger partial charge < -0.3 is 15.6 Å². The predicted octanol–water partition coefficient (Wildman–Crippen LogP) is 1.29. The Kier molecular flexibility index (Phi) is 2.47. The molecule has 1 amide bonds. The second kappa shape index (κ2) is 3.88. The molecule has 0 aromatic carbocycles. The molecule has 0 aliphatic heterocycles. The minimum absolute atomic E-state index is 0.0432. The minimum atomic E-state index is 0.0432. The Labute approximate surface area is 101 Å². The Morgan fingerprint density at radius 2 is 2.29 bits per heavy atom. The first-order valence-electron chi connectivity index (χ1n) is 6.39. The van der Waals surface area contributed by atoms with Crippen molar-refractivity contribution in [3.05, 3.63) is 24.0 Å². The molecule has 0 unspecified atom stereocenters. The molecule has 0 spiro atoms. The third-order valence-electron chi connectivity index (χ3n) is 3.97. The van der Waals surface area contributed by atoms with E-state index < -0.39 is 0 Å². The SMILES string of the molecule is NCC1(CNC(=O)c2cccn2C2CC2)CC1. The van der Waals surface area contributed by atoms with Crippen LogP contribution in [0.5, 0.6) is 0 Å². The lowest BCUT2D eigenvalue weighted by Gasteiger charge is -2.14. The van der Waals surface area contributed by atoms with E-state index in [1.54, 1.807) is 0 Å². The predicted molar refractivity (Wildman–Crippen MR) is 65.8 cm³/mol. The number of nitrogens with zero attached hydrogens (tertiary/aromatic N) is 1. The first kappa shape index (κ1) is 10.8. The summed E-state index contributed by atoms with van der Waals surface area (Å²) in [6, 6.07) is 4.40. The highest BCUT2D eigenvalue weighted by Gasteiger charge is 2.41. The van der Waals surface area contributed by atoms with Crippen molar-refractivity contribution in [3.63, 3.8) is 0 Å². The molecule has 92 valence electrons. The summed E-state index contributed by atoms with van der Waals surface area (Å²) < 4.78 is 2.09. The summed E-state index contributed by atoms with van der Waals surface area (Å²) in [6.45, 7) is 1.40. The molecule has 0 saturated heterocycles. The number of hydrogen-bond acceptors (Lipinski definition) is 2. The van der Waals surface area contributed by atoms with Crippen LogP contribution in [0.15, 0.2) is 18.3 Å². The zero-order valence-electron chi connectivity index (χ0n) is 9.98. The van der Waals surface area contributed by atoms with Gasteiger partial charge in [-0.05, 0) is 44.4 Å². The highest BCUT2D eigenvalue weighted by molar-refractivity contribution is 5.92. The summed E-state index contributed by atoms with van der Waals surface area (Å²) in [5.41, 5.74) is 6.70. The third kappa shape index (κ3) is 2.09. The standard InChI is InChI=1S/C13H19N3O/c14-8-13(5-6-13)9-15-12(17)11-2-1-7-16(11)10-3-4-10/h1-2,7,10H,3-6,8-9,14H2,(H,15,17). The smallest absolute Gasteiger partial charge is 0.267 e. The molecule has 0 radical (unpaired) electrons. The quantitative estimate of drug-likeness (QED) is 0.805. The Morgan fingerprint density at radius 1 is 1.53 bits per heavy atom. The molecule has 4 nitrogen and oxygen atoms in total. The molecule has 2 aliphatic carbocycles. The van der Waals surface area contributed by atoms with Gasteiger partial charge in [0.2, 0.25) is 0 Å². The van der Waals surface area contributed by atoms with Crippen molar-refractivity contribution < 1.29 is 4.79 Å². The van der Waals surface area contributed by atoms with E-state index in [0.717, 1.165) is 25.1 Å². The maximum Gasteiger partial charge on any atom is 0.267 e. The van der Waals surface area contributed by atoms with Gasteiger partial charge in [-0.2, -0.15) is 0 Å². The van der Waals surface area contributed by atoms with Crippen LogP contribution in [0.2, 0.25) is 0 Å². The van der Waals surface area contributed by atoms with Crippen LogP contribution in [0.25, 0.3) is 0 Å². The summed E-state index contributed by atoms with van der Waals surface area (Å²) in [5.74, 6) is 0.0432. The number of hydrogen-bond donors (Lipinski definition) is 2. The van der Waals surface area contributed by atoms with Crippen LogP contribution in [0.4, 0.5) is 0 Å². The molecule has 3 rings (SSSR count). The maximum absolute atomic E-state index is 12.1. The lowest BCUT2D eigenvalue weighted by molar-refractivity contribution is 0.0936. The first-order valence-corrected chi connectivity index (χ1v) is 6.39. The van der Waals surface area contributed by atoms with Crippen LogP contribution in [0.3, 0.4) is 0 Å². The van der Waals surface area contributed by atoms with Crippen LogP contribution >= 0.6 is 0 Å². The number of carbonyl (C=O) groups excluding carboxylic acids is 1. The minimum Gasteiger partial charge on any atom is -0.350 e. The summed E-state index contributed by atoms with van der Waals surface area (Å²) in [6.07, 6.45) is 6.69. The van der Waals surface area contributed by atoms with Gasteiger partial charge in [0.25, 0.3) is 5.91 Å². The average molecular weight is 233 g/mol. The molecule has 1 heterocycles. The van der Waals surface area contributed by atoms with Crippen molar-refractivity contribution in [2.24, 2.45) is 11.1 Å². The summed E-state index contributed by atoms with van der Waals surface area (Å²) >= 11 is 0. The van der Waals surface area contributed by atoms with E-state index in [1.165, 1.54) is 12.8 Å². The van der Waals surface area contributed by atoms with Gasteiger partial charge in [0, 0.05) is 24.2 Å². The van der Waals surface area contributed by atoms with E-state index in [-0.39, 0.29) is 11.3 Å². The number of amides is 1. The number of nitrogens with one attached hydrogen (secondary N) is 1. The summed E-state index contributed by atoms with van der Waals surface area (Å²) in [4.78, 5) is 12.1. The van der Waals surface area contributed by atoms with E-state index in [9.17, 15) is 4.79 Å². The molecule has 1 aromatic heterocycles. The lowest BCUT2D eigenvalue weighted by atomic mass is 10.1. The fraction of sp³-hybridized carbons (Fsp3) is 0.615.